The fourth-order valence-corrected chi connectivity index (χ4v) is 1.11. The van der Waals surface area contributed by atoms with E-state index < -0.39 is 0 Å². The average molecular weight is 190 g/mol. The van der Waals surface area contributed by atoms with Crippen molar-refractivity contribution >= 4 is 11.6 Å². The van der Waals surface area contributed by atoms with Crippen LogP contribution in [0.25, 0.3) is 0 Å². The molecule has 4 heteroatoms. The summed E-state index contributed by atoms with van der Waals surface area (Å²) in [5, 5.41) is 3.08. The van der Waals surface area contributed by atoms with Gasteiger partial charge >= 0.3 is 0 Å². The van der Waals surface area contributed by atoms with Crippen LogP contribution in [0.3, 0.4) is 0 Å². The number of nitrogens with two attached hydrogens (primary N) is 1. The molecular weight excluding hydrogens is 176 g/mol. The number of hydrogen-bond donors (Lipinski definition) is 2. The highest BCUT2D eigenvalue weighted by Gasteiger charge is 2.04. The van der Waals surface area contributed by atoms with E-state index in [-0.39, 0.29) is 6.04 Å². The predicted molar refractivity (Wildman–Crippen MR) is 57.6 cm³/mol. The van der Waals surface area contributed by atoms with Crippen LogP contribution in [0.15, 0.2) is 12.4 Å². The molecule has 3 N–H and O–H groups in total. The van der Waals surface area contributed by atoms with Gasteiger partial charge in [0.05, 0.1) is 18.4 Å². The zero-order chi connectivity index (χ0) is 10.4. The Balaban J connectivity index is 2.63. The van der Waals surface area contributed by atoms with E-state index in [1.807, 2.05) is 0 Å². The van der Waals surface area contributed by atoms with Crippen molar-refractivity contribution in [1.29, 1.82) is 0 Å². The quantitative estimate of drug-likeness (QED) is 0.702. The van der Waals surface area contributed by atoms with Gasteiger partial charge in [0.15, 0.2) is 0 Å². The molecule has 1 unspecified atom stereocenters. The Labute approximate surface area is 83.9 Å². The molecule has 0 saturated heterocycles. The summed E-state index contributed by atoms with van der Waals surface area (Å²) in [6.07, 6.45) is 10.4. The van der Waals surface area contributed by atoms with E-state index in [4.69, 9.17) is 12.2 Å². The van der Waals surface area contributed by atoms with Crippen molar-refractivity contribution in [2.75, 3.05) is 11.1 Å². The van der Waals surface area contributed by atoms with Crippen LogP contribution in [0.2, 0.25) is 0 Å². The summed E-state index contributed by atoms with van der Waals surface area (Å²) in [4.78, 5) is 7.96. The van der Waals surface area contributed by atoms with Gasteiger partial charge in [0.25, 0.3) is 0 Å². The molecule has 74 valence electrons. The third kappa shape index (κ3) is 2.94. The van der Waals surface area contributed by atoms with Gasteiger partial charge in [0.1, 0.15) is 11.6 Å². The van der Waals surface area contributed by atoms with Gasteiger partial charge in [0, 0.05) is 0 Å². The lowest BCUT2D eigenvalue weighted by Gasteiger charge is -2.11. The molecule has 0 aliphatic carbocycles. The van der Waals surface area contributed by atoms with Gasteiger partial charge in [-0.05, 0) is 6.42 Å². The zero-order valence-electron chi connectivity index (χ0n) is 8.20. The lowest BCUT2D eigenvalue weighted by Crippen LogP contribution is -2.17. The molecule has 1 aromatic heterocycles. The SMILES string of the molecule is C#CC(CCC)Nc1cncc(N)n1. The van der Waals surface area contributed by atoms with Crippen molar-refractivity contribution in [3.63, 3.8) is 0 Å². The number of hydrogen-bond acceptors (Lipinski definition) is 4. The van der Waals surface area contributed by atoms with Crippen molar-refractivity contribution in [3.8, 4) is 12.3 Å². The first-order chi connectivity index (χ1) is 6.76. The number of rotatable bonds is 4. The summed E-state index contributed by atoms with van der Waals surface area (Å²) in [5.41, 5.74) is 5.48. The van der Waals surface area contributed by atoms with Crippen LogP contribution in [0.5, 0.6) is 0 Å². The van der Waals surface area contributed by atoms with Crippen molar-refractivity contribution < 1.29 is 0 Å². The molecule has 1 heterocycles. The van der Waals surface area contributed by atoms with E-state index >= 15 is 0 Å². The minimum atomic E-state index is -0.00361. The molecule has 0 aliphatic rings. The summed E-state index contributed by atoms with van der Waals surface area (Å²) in [5.74, 6) is 3.67. The fourth-order valence-electron chi connectivity index (χ4n) is 1.11. The van der Waals surface area contributed by atoms with Crippen molar-refractivity contribution in [3.05, 3.63) is 12.4 Å². The number of aromatic nitrogens is 2. The molecule has 4 nitrogen and oxygen atoms in total. The van der Waals surface area contributed by atoms with Crippen LogP contribution in [-0.4, -0.2) is 16.0 Å². The van der Waals surface area contributed by atoms with Crippen LogP contribution >= 0.6 is 0 Å². The molecule has 14 heavy (non-hydrogen) atoms. The second-order valence-electron chi connectivity index (χ2n) is 2.98. The van der Waals surface area contributed by atoms with Crippen LogP contribution in [0, 0.1) is 12.3 Å². The molecular formula is C10H14N4. The molecule has 1 aromatic rings. The molecule has 0 aliphatic heterocycles. The summed E-state index contributed by atoms with van der Waals surface area (Å²) in [7, 11) is 0. The van der Waals surface area contributed by atoms with Gasteiger partial charge in [0.2, 0.25) is 0 Å². The van der Waals surface area contributed by atoms with Crippen molar-refractivity contribution in [1.82, 2.24) is 9.97 Å². The van der Waals surface area contributed by atoms with Gasteiger partial charge in [-0.2, -0.15) is 0 Å². The normalized spacial score (nSPS) is 11.7. The third-order valence-electron chi connectivity index (χ3n) is 1.75. The molecule has 0 amide bonds. The van der Waals surface area contributed by atoms with Gasteiger partial charge < -0.3 is 11.1 Å². The van der Waals surface area contributed by atoms with E-state index in [9.17, 15) is 0 Å². The van der Waals surface area contributed by atoms with Crippen LogP contribution in [-0.2, 0) is 0 Å². The standard InChI is InChI=1S/C10H14N4/c1-3-5-8(4-2)13-10-7-12-6-9(11)14-10/h2,6-8H,3,5H2,1H3,(H3,11,13,14). The number of nitrogens with zero attached hydrogens (tertiary/aromatic N) is 2. The first-order valence-electron chi connectivity index (χ1n) is 4.56. The smallest absolute Gasteiger partial charge is 0.147 e. The number of nitrogen functional groups attached to an aromatic ring is 1. The lowest BCUT2D eigenvalue weighted by atomic mass is 10.2. The summed E-state index contributed by atoms with van der Waals surface area (Å²) < 4.78 is 0. The van der Waals surface area contributed by atoms with E-state index in [1.165, 1.54) is 6.20 Å². The fraction of sp³-hybridized carbons (Fsp3) is 0.400. The average Bonchev–Trinajstić information content (AvgIpc) is 2.17. The Bertz CT molecular complexity index is 329. The highest BCUT2D eigenvalue weighted by atomic mass is 15.1. The second kappa shape index (κ2) is 5.07. The molecule has 0 bridgehead atoms. The maximum atomic E-state index is 5.48. The Morgan fingerprint density at radius 1 is 1.64 bits per heavy atom. The minimum Gasteiger partial charge on any atom is -0.382 e. The second-order valence-corrected chi connectivity index (χ2v) is 2.98. The molecule has 1 atom stereocenters. The highest BCUT2D eigenvalue weighted by molar-refractivity contribution is 5.40. The zero-order valence-corrected chi connectivity index (χ0v) is 8.20. The largest absolute Gasteiger partial charge is 0.382 e. The van der Waals surface area contributed by atoms with Crippen molar-refractivity contribution in [2.24, 2.45) is 0 Å². The molecule has 0 radical (unpaired) electrons. The maximum Gasteiger partial charge on any atom is 0.147 e. The Kier molecular flexibility index (Phi) is 3.74. The molecule has 0 fully saturated rings. The van der Waals surface area contributed by atoms with E-state index in [1.54, 1.807) is 6.20 Å². The van der Waals surface area contributed by atoms with E-state index in [0.717, 1.165) is 12.8 Å². The van der Waals surface area contributed by atoms with Gasteiger partial charge in [-0.25, -0.2) is 4.98 Å². The van der Waals surface area contributed by atoms with Crippen molar-refractivity contribution in [2.45, 2.75) is 25.8 Å². The molecule has 0 saturated carbocycles. The Morgan fingerprint density at radius 3 is 3.00 bits per heavy atom. The van der Waals surface area contributed by atoms with Crippen LogP contribution in [0.1, 0.15) is 19.8 Å². The van der Waals surface area contributed by atoms with Crippen LogP contribution in [0.4, 0.5) is 11.6 Å². The number of anilines is 2. The number of nitrogens with one attached hydrogen (secondary N) is 1. The number of terminal acetylenes is 1. The Morgan fingerprint density at radius 2 is 2.43 bits per heavy atom. The minimum absolute atomic E-state index is 0.00361. The van der Waals surface area contributed by atoms with E-state index in [2.05, 4.69) is 28.1 Å². The Hall–Kier alpha value is -1.76. The summed E-state index contributed by atoms with van der Waals surface area (Å²) in [6, 6.07) is -0.00361. The molecule has 1 rings (SSSR count). The summed E-state index contributed by atoms with van der Waals surface area (Å²) >= 11 is 0. The first-order valence-corrected chi connectivity index (χ1v) is 4.56. The van der Waals surface area contributed by atoms with Crippen LogP contribution < -0.4 is 11.1 Å². The third-order valence-corrected chi connectivity index (χ3v) is 1.75. The van der Waals surface area contributed by atoms with Gasteiger partial charge in [-0.15, -0.1) is 6.42 Å². The van der Waals surface area contributed by atoms with Gasteiger partial charge in [-0.3, -0.25) is 4.98 Å². The summed E-state index contributed by atoms with van der Waals surface area (Å²) in [6.45, 7) is 2.08. The maximum absolute atomic E-state index is 5.48. The first kappa shape index (κ1) is 10.3. The van der Waals surface area contributed by atoms with E-state index in [0.29, 0.717) is 11.6 Å². The topological polar surface area (TPSA) is 63.8 Å². The van der Waals surface area contributed by atoms with Gasteiger partial charge in [-0.1, -0.05) is 19.3 Å². The predicted octanol–water partition coefficient (Wildman–Crippen LogP) is 1.27. The highest BCUT2D eigenvalue weighted by Crippen LogP contribution is 2.07. The monoisotopic (exact) mass is 190 g/mol. The molecule has 0 spiro atoms. The lowest BCUT2D eigenvalue weighted by molar-refractivity contribution is 0.752. The molecule has 0 aromatic carbocycles.